The maximum Gasteiger partial charge on any atom is 0.191 e. The minimum absolute atomic E-state index is 0.157. The number of thiazole rings is 1. The summed E-state index contributed by atoms with van der Waals surface area (Å²) in [4.78, 5) is 16.8. The average molecular weight is 384 g/mol. The number of carbonyl (C=O) groups is 1. The van der Waals surface area contributed by atoms with E-state index in [0.717, 1.165) is 17.1 Å². The van der Waals surface area contributed by atoms with E-state index < -0.39 is 5.92 Å². The molecule has 0 N–H and O–H groups in total. The molecule has 2 aromatic heterocycles. The molecule has 0 spiro atoms. The molecule has 0 fully saturated rings. The Labute approximate surface area is 159 Å². The fraction of sp³-hybridized carbons (Fsp3) is 0.278. The van der Waals surface area contributed by atoms with E-state index in [1.807, 2.05) is 54.1 Å². The molecule has 3 aromatic rings. The Bertz CT molecular complexity index is 942. The van der Waals surface area contributed by atoms with Crippen LogP contribution in [0.5, 0.6) is 0 Å². The van der Waals surface area contributed by atoms with E-state index in [0.29, 0.717) is 16.7 Å². The number of Topliss-reactive ketones (excluding diaryl/α,β-unsaturated/α-hetero) is 1. The van der Waals surface area contributed by atoms with Crippen molar-refractivity contribution in [3.8, 4) is 17.5 Å². The van der Waals surface area contributed by atoms with Crippen molar-refractivity contribution < 1.29 is 4.79 Å². The second kappa shape index (κ2) is 8.25. The number of nitrogens with zero attached hydrogens (tertiary/aromatic N) is 5. The smallest absolute Gasteiger partial charge is 0.191 e. The number of thioether (sulfide) groups is 1. The number of carbonyl (C=O) groups excluding carboxylic acids is 1. The molecule has 3 rings (SSSR count). The summed E-state index contributed by atoms with van der Waals surface area (Å²) in [5.41, 5.74) is 1.80. The van der Waals surface area contributed by atoms with Gasteiger partial charge in [-0.2, -0.15) is 5.26 Å². The highest BCUT2D eigenvalue weighted by atomic mass is 32.2. The van der Waals surface area contributed by atoms with Gasteiger partial charge in [0.15, 0.2) is 22.7 Å². The molecule has 0 aliphatic carbocycles. The molecule has 2 heterocycles. The number of nitriles is 1. The minimum Gasteiger partial charge on any atom is -0.302 e. The number of rotatable bonds is 7. The van der Waals surface area contributed by atoms with Crippen LogP contribution >= 0.6 is 23.1 Å². The zero-order chi connectivity index (χ0) is 18.5. The number of aryl methyl sites for hydroxylation is 1. The third kappa shape index (κ3) is 3.84. The Morgan fingerprint density at radius 2 is 2.12 bits per heavy atom. The third-order valence-corrected chi connectivity index (χ3v) is 5.76. The van der Waals surface area contributed by atoms with Gasteiger partial charge in [0, 0.05) is 23.2 Å². The first-order chi connectivity index (χ1) is 12.6. The molecule has 26 heavy (non-hydrogen) atoms. The van der Waals surface area contributed by atoms with Gasteiger partial charge in [0.1, 0.15) is 5.01 Å². The molecule has 1 aromatic carbocycles. The largest absolute Gasteiger partial charge is 0.302 e. The van der Waals surface area contributed by atoms with Crippen LogP contribution in [0.4, 0.5) is 0 Å². The van der Waals surface area contributed by atoms with E-state index in [2.05, 4.69) is 21.3 Å². The number of aromatic nitrogens is 4. The van der Waals surface area contributed by atoms with Crippen LogP contribution in [0.25, 0.3) is 11.4 Å². The molecule has 0 amide bonds. The Morgan fingerprint density at radius 1 is 1.35 bits per heavy atom. The van der Waals surface area contributed by atoms with Gasteiger partial charge in [-0.05, 0) is 13.8 Å². The molecule has 0 aliphatic rings. The predicted octanol–water partition coefficient (Wildman–Crippen LogP) is 3.70. The fourth-order valence-electron chi connectivity index (χ4n) is 2.47. The van der Waals surface area contributed by atoms with Gasteiger partial charge in [-0.1, -0.05) is 42.1 Å². The van der Waals surface area contributed by atoms with Crippen molar-refractivity contribution >= 4 is 28.9 Å². The summed E-state index contributed by atoms with van der Waals surface area (Å²) in [7, 11) is 0. The lowest BCUT2D eigenvalue weighted by Crippen LogP contribution is -2.13. The van der Waals surface area contributed by atoms with Gasteiger partial charge >= 0.3 is 0 Å². The second-order valence-electron chi connectivity index (χ2n) is 5.56. The molecule has 0 saturated carbocycles. The van der Waals surface area contributed by atoms with Crippen LogP contribution in [0.15, 0.2) is 40.9 Å². The molecule has 1 atom stereocenters. The molecule has 8 heteroatoms. The standard InChI is InChI=1S/C18H17N5OS2/c1-3-23-16(13-7-5-4-6-8-13)21-22-18(23)26-11-15(24)14(9-19)17-20-12(2)10-25-17/h4-8,10,14H,3,11H2,1-2H3/t14-/m1/s1. The van der Waals surface area contributed by atoms with Gasteiger partial charge < -0.3 is 4.57 Å². The summed E-state index contributed by atoms with van der Waals surface area (Å²) < 4.78 is 1.97. The van der Waals surface area contributed by atoms with Crippen molar-refractivity contribution in [3.05, 3.63) is 46.4 Å². The van der Waals surface area contributed by atoms with Crippen LogP contribution in [0.1, 0.15) is 23.5 Å². The van der Waals surface area contributed by atoms with E-state index >= 15 is 0 Å². The lowest BCUT2D eigenvalue weighted by atomic mass is 10.1. The fourth-order valence-corrected chi connectivity index (χ4v) is 4.24. The molecular formula is C18H17N5OS2. The molecule has 132 valence electrons. The maximum atomic E-state index is 12.5. The van der Waals surface area contributed by atoms with Crippen molar-refractivity contribution in [2.24, 2.45) is 0 Å². The highest BCUT2D eigenvalue weighted by Crippen LogP contribution is 2.27. The Morgan fingerprint density at radius 3 is 2.73 bits per heavy atom. The average Bonchev–Trinajstić information content (AvgIpc) is 3.27. The molecule has 6 nitrogen and oxygen atoms in total. The highest BCUT2D eigenvalue weighted by Gasteiger charge is 2.24. The summed E-state index contributed by atoms with van der Waals surface area (Å²) >= 11 is 2.65. The Hall–Kier alpha value is -2.50. The van der Waals surface area contributed by atoms with Gasteiger partial charge in [-0.3, -0.25) is 4.79 Å². The number of ketones is 1. The third-order valence-electron chi connectivity index (χ3n) is 3.74. The van der Waals surface area contributed by atoms with Crippen LogP contribution in [-0.4, -0.2) is 31.3 Å². The van der Waals surface area contributed by atoms with E-state index in [1.54, 1.807) is 0 Å². The number of benzene rings is 1. The van der Waals surface area contributed by atoms with Crippen molar-refractivity contribution in [1.82, 2.24) is 19.7 Å². The van der Waals surface area contributed by atoms with Gasteiger partial charge in [0.05, 0.1) is 11.8 Å². The monoisotopic (exact) mass is 383 g/mol. The first-order valence-electron chi connectivity index (χ1n) is 8.09. The van der Waals surface area contributed by atoms with Gasteiger partial charge in [0.25, 0.3) is 0 Å². The van der Waals surface area contributed by atoms with Crippen molar-refractivity contribution in [2.45, 2.75) is 31.5 Å². The Balaban J connectivity index is 1.74. The van der Waals surface area contributed by atoms with Crippen LogP contribution < -0.4 is 0 Å². The lowest BCUT2D eigenvalue weighted by Gasteiger charge is -2.08. The molecule has 0 bridgehead atoms. The first kappa shape index (κ1) is 18.3. The van der Waals surface area contributed by atoms with Crippen LogP contribution in [0.3, 0.4) is 0 Å². The van der Waals surface area contributed by atoms with Crippen molar-refractivity contribution in [3.63, 3.8) is 0 Å². The number of hydrogen-bond acceptors (Lipinski definition) is 7. The topological polar surface area (TPSA) is 84.5 Å². The van der Waals surface area contributed by atoms with Crippen LogP contribution in [0.2, 0.25) is 0 Å². The number of hydrogen-bond donors (Lipinski definition) is 0. The molecule has 0 unspecified atom stereocenters. The summed E-state index contributed by atoms with van der Waals surface area (Å²) in [5.74, 6) is -0.0639. The summed E-state index contributed by atoms with van der Waals surface area (Å²) in [6.07, 6.45) is 0. The Kier molecular flexibility index (Phi) is 5.81. The van der Waals surface area contributed by atoms with Gasteiger partial charge in [-0.25, -0.2) is 4.98 Å². The zero-order valence-electron chi connectivity index (χ0n) is 14.4. The van der Waals surface area contributed by atoms with E-state index in [4.69, 9.17) is 0 Å². The van der Waals surface area contributed by atoms with Crippen molar-refractivity contribution in [2.75, 3.05) is 5.75 Å². The van der Waals surface area contributed by atoms with Crippen LogP contribution in [-0.2, 0) is 11.3 Å². The summed E-state index contributed by atoms with van der Waals surface area (Å²) in [6.45, 7) is 4.56. The quantitative estimate of drug-likeness (QED) is 0.578. The second-order valence-corrected chi connectivity index (χ2v) is 7.39. The summed E-state index contributed by atoms with van der Waals surface area (Å²) in [6, 6.07) is 11.9. The predicted molar refractivity (Wildman–Crippen MR) is 102 cm³/mol. The minimum atomic E-state index is -0.826. The van der Waals surface area contributed by atoms with E-state index in [9.17, 15) is 10.1 Å². The van der Waals surface area contributed by atoms with Gasteiger partial charge in [0.2, 0.25) is 0 Å². The summed E-state index contributed by atoms with van der Waals surface area (Å²) in [5, 5.41) is 20.9. The normalized spacial score (nSPS) is 11.9. The molecule has 0 aliphatic heterocycles. The first-order valence-corrected chi connectivity index (χ1v) is 9.96. The van der Waals surface area contributed by atoms with Crippen LogP contribution in [0, 0.1) is 18.3 Å². The molecule has 0 saturated heterocycles. The molecule has 0 radical (unpaired) electrons. The SMILES string of the molecule is CCn1c(SCC(=O)[C@@H](C#N)c2nc(C)cs2)nnc1-c1ccccc1. The zero-order valence-corrected chi connectivity index (χ0v) is 16.0. The lowest BCUT2D eigenvalue weighted by molar-refractivity contribution is -0.116. The van der Waals surface area contributed by atoms with E-state index in [1.165, 1.54) is 23.1 Å². The highest BCUT2D eigenvalue weighted by molar-refractivity contribution is 7.99. The molecular weight excluding hydrogens is 366 g/mol. The maximum absolute atomic E-state index is 12.5. The van der Waals surface area contributed by atoms with Crippen molar-refractivity contribution in [1.29, 1.82) is 5.26 Å². The van der Waals surface area contributed by atoms with Gasteiger partial charge in [-0.15, -0.1) is 21.5 Å². The van der Waals surface area contributed by atoms with E-state index in [-0.39, 0.29) is 11.5 Å².